The normalized spacial score (nSPS) is 16.3. The van der Waals surface area contributed by atoms with E-state index in [-0.39, 0.29) is 11.5 Å². The number of hydrogen-bond acceptors (Lipinski definition) is 8. The predicted molar refractivity (Wildman–Crippen MR) is 229 cm³/mol. The van der Waals surface area contributed by atoms with E-state index in [1.54, 1.807) is 7.11 Å². The van der Waals surface area contributed by atoms with Crippen LogP contribution in [0.25, 0.3) is 0 Å². The van der Waals surface area contributed by atoms with E-state index >= 15 is 0 Å². The number of methoxy groups -OCH3 is 3. The van der Waals surface area contributed by atoms with Gasteiger partial charge in [-0.05, 0) is 93.4 Å². The number of ether oxygens (including phenoxy) is 3. The third kappa shape index (κ3) is 13.3. The fourth-order valence-electron chi connectivity index (χ4n) is 8.49. The number of hydrogen-bond donors (Lipinski definition) is 2. The van der Waals surface area contributed by atoms with Gasteiger partial charge in [-0.15, -0.1) is 0 Å². The zero-order valence-corrected chi connectivity index (χ0v) is 36.0. The van der Waals surface area contributed by atoms with Gasteiger partial charge in [0.15, 0.2) is 0 Å². The molecule has 2 aliphatic rings. The lowest BCUT2D eigenvalue weighted by Gasteiger charge is -2.38. The Balaban J connectivity index is 1.36. The van der Waals surface area contributed by atoms with Crippen molar-refractivity contribution in [3.8, 4) is 5.75 Å². The van der Waals surface area contributed by atoms with Crippen LogP contribution in [0.4, 0.5) is 9.59 Å². The molecular formula is C47H70N4O7. The smallest absolute Gasteiger partial charge is 0.338 e. The number of esters is 2. The molecule has 1 unspecified atom stereocenters. The van der Waals surface area contributed by atoms with Gasteiger partial charge in [-0.1, -0.05) is 115 Å². The summed E-state index contributed by atoms with van der Waals surface area (Å²) in [5.41, 5.74) is 4.03. The molecule has 320 valence electrons. The van der Waals surface area contributed by atoms with E-state index in [0.717, 1.165) is 68.6 Å². The van der Waals surface area contributed by atoms with Crippen LogP contribution in [0.15, 0.2) is 53.7 Å². The topological polar surface area (TPSA) is 127 Å². The van der Waals surface area contributed by atoms with Crippen LogP contribution in [0, 0.1) is 0 Å². The van der Waals surface area contributed by atoms with Crippen LogP contribution in [-0.4, -0.2) is 81.3 Å². The molecule has 2 heterocycles. The Morgan fingerprint density at radius 1 is 0.759 bits per heavy atom. The lowest BCUT2D eigenvalue weighted by molar-refractivity contribution is -0.136. The molecule has 11 heteroatoms. The van der Waals surface area contributed by atoms with Crippen LogP contribution in [-0.2, 0) is 20.7 Å². The molecule has 2 aromatic rings. The van der Waals surface area contributed by atoms with E-state index in [0.29, 0.717) is 47.9 Å². The number of aryl methyl sites for hydroxylation is 1. The van der Waals surface area contributed by atoms with Crippen LogP contribution in [0.1, 0.15) is 162 Å². The van der Waals surface area contributed by atoms with Crippen molar-refractivity contribution in [2.75, 3.05) is 47.5 Å². The molecule has 0 aliphatic carbocycles. The van der Waals surface area contributed by atoms with E-state index in [1.165, 1.54) is 84.0 Å². The van der Waals surface area contributed by atoms with Gasteiger partial charge in [-0.3, -0.25) is 0 Å². The summed E-state index contributed by atoms with van der Waals surface area (Å²) in [5.74, 6) is 0.0112. The molecule has 1 saturated heterocycles. The Bertz CT molecular complexity index is 1630. The highest BCUT2D eigenvalue weighted by Gasteiger charge is 2.44. The number of imide groups is 1. The van der Waals surface area contributed by atoms with Gasteiger partial charge < -0.3 is 29.7 Å². The molecule has 4 rings (SSSR count). The van der Waals surface area contributed by atoms with Crippen LogP contribution < -0.4 is 15.4 Å². The highest BCUT2D eigenvalue weighted by Crippen LogP contribution is 2.42. The van der Waals surface area contributed by atoms with Gasteiger partial charge >= 0.3 is 24.0 Å². The lowest BCUT2D eigenvalue weighted by Crippen LogP contribution is -2.55. The molecule has 2 aromatic carbocycles. The monoisotopic (exact) mass is 803 g/mol. The maximum Gasteiger partial charge on any atom is 0.338 e. The standard InChI is InChI=1S/C47H70N4O7/c1-6-8-9-10-11-12-13-14-15-16-17-18-19-22-37-23-20-24-40(56-3)41(37)43-42(45(53)58-5)39(7-2)49-47(55)51(43)46(54)48-31-21-32-50-33-29-36(30-34-50)35-25-27-38(28-26-35)44(52)57-4/h20,23-28,36,43H,6-19,21-22,29-34H2,1-5H3,(H,48,54)(H,49,55). The first-order valence-electron chi connectivity index (χ1n) is 22.0. The number of benzene rings is 2. The summed E-state index contributed by atoms with van der Waals surface area (Å²) in [6.07, 6.45) is 20.2. The van der Waals surface area contributed by atoms with Gasteiger partial charge in [-0.25, -0.2) is 24.1 Å². The van der Waals surface area contributed by atoms with Gasteiger partial charge in [-0.2, -0.15) is 0 Å². The average Bonchev–Trinajstić information content (AvgIpc) is 3.25. The number of rotatable bonds is 24. The van der Waals surface area contributed by atoms with Gasteiger partial charge in [0.1, 0.15) is 11.8 Å². The van der Waals surface area contributed by atoms with E-state index in [2.05, 4.69) is 22.5 Å². The van der Waals surface area contributed by atoms with Crippen LogP contribution in [0.2, 0.25) is 0 Å². The number of amides is 4. The van der Waals surface area contributed by atoms with Crippen molar-refractivity contribution >= 4 is 24.0 Å². The Hall–Kier alpha value is -4.38. The molecule has 11 nitrogen and oxygen atoms in total. The molecule has 0 spiro atoms. The average molecular weight is 803 g/mol. The number of allylic oxidation sites excluding steroid dienone is 1. The van der Waals surface area contributed by atoms with Gasteiger partial charge in [0.05, 0.1) is 32.5 Å². The first-order valence-corrected chi connectivity index (χ1v) is 22.0. The first kappa shape index (κ1) is 46.3. The van der Waals surface area contributed by atoms with Crippen molar-refractivity contribution in [2.24, 2.45) is 0 Å². The predicted octanol–water partition coefficient (Wildman–Crippen LogP) is 10.00. The second-order valence-electron chi connectivity index (χ2n) is 15.8. The summed E-state index contributed by atoms with van der Waals surface area (Å²) in [4.78, 5) is 56.8. The van der Waals surface area contributed by atoms with Gasteiger partial charge in [0.25, 0.3) is 0 Å². The first-order chi connectivity index (χ1) is 28.3. The third-order valence-corrected chi connectivity index (χ3v) is 11.8. The van der Waals surface area contributed by atoms with E-state index in [1.807, 2.05) is 49.4 Å². The number of carbonyl (C=O) groups excluding carboxylic acids is 4. The Labute approximate surface area is 347 Å². The van der Waals surface area contributed by atoms with Crippen molar-refractivity contribution in [3.63, 3.8) is 0 Å². The minimum Gasteiger partial charge on any atom is -0.496 e. The fraction of sp³-hybridized carbons (Fsp3) is 0.617. The summed E-state index contributed by atoms with van der Waals surface area (Å²) in [6.45, 7) is 7.14. The van der Waals surface area contributed by atoms with Gasteiger partial charge in [0.2, 0.25) is 0 Å². The van der Waals surface area contributed by atoms with E-state index < -0.39 is 24.1 Å². The number of carbonyl (C=O) groups is 4. The number of unbranched alkanes of at least 4 members (excludes halogenated alkanes) is 12. The van der Waals surface area contributed by atoms with Crippen LogP contribution in [0.5, 0.6) is 5.75 Å². The second-order valence-corrected chi connectivity index (χ2v) is 15.8. The summed E-state index contributed by atoms with van der Waals surface area (Å²) in [6, 6.07) is 11.3. The SMILES string of the molecule is CCCCCCCCCCCCCCCc1cccc(OC)c1C1C(C(=O)OC)=C(CC)NC(=O)N1C(=O)NCCCN1CCC(c2ccc(C(=O)OC)cc2)CC1. The Morgan fingerprint density at radius 2 is 1.36 bits per heavy atom. The molecular weight excluding hydrogens is 733 g/mol. The molecule has 1 fully saturated rings. The zero-order valence-electron chi connectivity index (χ0n) is 36.0. The number of nitrogens with one attached hydrogen (secondary N) is 2. The summed E-state index contributed by atoms with van der Waals surface area (Å²) in [7, 11) is 4.28. The Kier molecular flexibility index (Phi) is 20.1. The maximum absolute atomic E-state index is 14.1. The Morgan fingerprint density at radius 3 is 1.93 bits per heavy atom. The maximum atomic E-state index is 14.1. The van der Waals surface area contributed by atoms with E-state index in [9.17, 15) is 19.2 Å². The minimum absolute atomic E-state index is 0.235. The summed E-state index contributed by atoms with van der Waals surface area (Å²) >= 11 is 0. The van der Waals surface area contributed by atoms with Crippen molar-refractivity contribution in [1.82, 2.24) is 20.4 Å². The van der Waals surface area contributed by atoms with Crippen LogP contribution in [0.3, 0.4) is 0 Å². The quantitative estimate of drug-likeness (QED) is 0.0794. The largest absolute Gasteiger partial charge is 0.496 e. The van der Waals surface area contributed by atoms with Crippen molar-refractivity contribution < 1.29 is 33.4 Å². The molecule has 0 saturated carbocycles. The molecule has 0 bridgehead atoms. The number of nitrogens with zero attached hydrogens (tertiary/aromatic N) is 2. The molecule has 2 aliphatic heterocycles. The van der Waals surface area contributed by atoms with Gasteiger partial charge in [0, 0.05) is 17.8 Å². The van der Waals surface area contributed by atoms with E-state index in [4.69, 9.17) is 14.2 Å². The molecule has 0 aromatic heterocycles. The van der Waals surface area contributed by atoms with Crippen LogP contribution >= 0.6 is 0 Å². The fourth-order valence-corrected chi connectivity index (χ4v) is 8.49. The molecule has 0 radical (unpaired) electrons. The molecule has 2 N–H and O–H groups in total. The zero-order chi connectivity index (χ0) is 41.7. The number of urea groups is 2. The summed E-state index contributed by atoms with van der Waals surface area (Å²) < 4.78 is 16.0. The number of piperidine rings is 1. The molecule has 1 atom stereocenters. The van der Waals surface area contributed by atoms with Crippen molar-refractivity contribution in [3.05, 3.63) is 76.0 Å². The van der Waals surface area contributed by atoms with Crippen molar-refractivity contribution in [1.29, 1.82) is 0 Å². The minimum atomic E-state index is -1.02. The summed E-state index contributed by atoms with van der Waals surface area (Å²) in [5, 5.41) is 5.80. The third-order valence-electron chi connectivity index (χ3n) is 11.8. The molecule has 58 heavy (non-hydrogen) atoms. The lowest BCUT2D eigenvalue weighted by atomic mass is 9.87. The highest BCUT2D eigenvalue weighted by molar-refractivity contribution is 6.02. The highest BCUT2D eigenvalue weighted by atomic mass is 16.5. The number of likely N-dealkylation sites (tertiary alicyclic amines) is 1. The van der Waals surface area contributed by atoms with Crippen molar-refractivity contribution in [2.45, 2.75) is 141 Å². The second kappa shape index (κ2) is 25.2. The molecule has 4 amide bonds.